The van der Waals surface area contributed by atoms with Crippen molar-refractivity contribution in [2.24, 2.45) is 5.41 Å². The van der Waals surface area contributed by atoms with Gasteiger partial charge in [-0.1, -0.05) is 77.8 Å². The first-order valence-electron chi connectivity index (χ1n) is 13.7. The molecule has 1 N–H and O–H groups in total. The number of thioether (sulfide) groups is 1. The molecule has 214 valence electrons. The average molecular weight is 626 g/mol. The van der Waals surface area contributed by atoms with E-state index < -0.39 is 11.6 Å². The number of carboxylic acids is 1. The van der Waals surface area contributed by atoms with Gasteiger partial charge in [-0.2, -0.15) is 11.8 Å². The van der Waals surface area contributed by atoms with Crippen LogP contribution in [0.1, 0.15) is 72.7 Å². The number of carboxylic acid groups (broad SMARTS) is 1. The molecule has 1 fully saturated rings. The summed E-state index contributed by atoms with van der Waals surface area (Å²) in [6.07, 6.45) is 7.67. The standard InChI is InChI=1S/C33H33Cl2NO3S2/c1-32(2,39)25-9-4-3-7-22(25)11-14-26(40-20-33(16-17-33)19-28(37)38)23-8-5-6-21(18-23)10-12-24-13-15-27-30(36-24)29(34)31(35)41-27/h3-10,12-13,15,18,26,39H,11,14,16-17,19-20H2,1-2H3,(H,37,38)/p-1/b12-10+/t26-/m1/s1. The van der Waals surface area contributed by atoms with Crippen LogP contribution in [0.2, 0.25) is 9.36 Å². The number of fused-ring (bicyclic) bond motifs is 1. The second-order valence-electron chi connectivity index (χ2n) is 11.4. The molecule has 8 heteroatoms. The number of aryl methyl sites for hydroxylation is 1. The Labute approximate surface area is 259 Å². The lowest BCUT2D eigenvalue weighted by molar-refractivity contribution is -0.307. The molecule has 0 spiro atoms. The van der Waals surface area contributed by atoms with Crippen LogP contribution >= 0.6 is 46.3 Å². The number of carbonyl (C=O) groups excluding carboxylic acids is 1. The minimum atomic E-state index is -0.969. The van der Waals surface area contributed by atoms with Crippen LogP contribution in [0.3, 0.4) is 0 Å². The number of rotatable bonds is 12. The van der Waals surface area contributed by atoms with E-state index in [1.807, 2.05) is 68.1 Å². The number of pyridine rings is 1. The Morgan fingerprint density at radius 3 is 2.66 bits per heavy atom. The largest absolute Gasteiger partial charge is 0.550 e. The van der Waals surface area contributed by atoms with Crippen LogP contribution in [0.5, 0.6) is 0 Å². The topological polar surface area (TPSA) is 73.2 Å². The number of benzene rings is 2. The molecule has 1 atom stereocenters. The molecule has 0 unspecified atom stereocenters. The second-order valence-corrected chi connectivity index (χ2v) is 14.6. The minimum Gasteiger partial charge on any atom is -0.550 e. The van der Waals surface area contributed by atoms with Gasteiger partial charge in [-0.05, 0) is 97.6 Å². The molecule has 41 heavy (non-hydrogen) atoms. The highest BCUT2D eigenvalue weighted by Gasteiger charge is 2.42. The molecule has 1 aliphatic carbocycles. The van der Waals surface area contributed by atoms with Gasteiger partial charge in [0.05, 0.1) is 21.0 Å². The number of halogens is 2. The fraction of sp³-hybridized carbons (Fsp3) is 0.333. The van der Waals surface area contributed by atoms with Crippen molar-refractivity contribution in [2.75, 3.05) is 5.75 Å². The summed E-state index contributed by atoms with van der Waals surface area (Å²) >= 11 is 15.8. The van der Waals surface area contributed by atoms with Crippen LogP contribution in [-0.2, 0) is 16.8 Å². The zero-order valence-electron chi connectivity index (χ0n) is 23.0. The summed E-state index contributed by atoms with van der Waals surface area (Å²) in [5.41, 5.74) is 4.75. The number of thiophene rings is 1. The van der Waals surface area contributed by atoms with Gasteiger partial charge in [0, 0.05) is 11.2 Å². The predicted octanol–water partition coefficient (Wildman–Crippen LogP) is 8.33. The van der Waals surface area contributed by atoms with Gasteiger partial charge >= 0.3 is 0 Å². The van der Waals surface area contributed by atoms with Gasteiger partial charge in [0.2, 0.25) is 0 Å². The van der Waals surface area contributed by atoms with Gasteiger partial charge in [-0.25, -0.2) is 4.98 Å². The highest BCUT2D eigenvalue weighted by atomic mass is 35.5. The van der Waals surface area contributed by atoms with E-state index in [9.17, 15) is 15.0 Å². The molecule has 0 saturated heterocycles. The quantitative estimate of drug-likeness (QED) is 0.171. The third-order valence-electron chi connectivity index (χ3n) is 7.61. The molecule has 0 bridgehead atoms. The maximum absolute atomic E-state index is 11.4. The smallest absolute Gasteiger partial charge is 0.114 e. The zero-order chi connectivity index (χ0) is 29.2. The minimum absolute atomic E-state index is 0.119. The predicted molar refractivity (Wildman–Crippen MR) is 172 cm³/mol. The first-order chi connectivity index (χ1) is 19.5. The van der Waals surface area contributed by atoms with Crippen LogP contribution < -0.4 is 5.11 Å². The summed E-state index contributed by atoms with van der Waals surface area (Å²) in [5.74, 6) is -0.184. The monoisotopic (exact) mass is 624 g/mol. The lowest BCUT2D eigenvalue weighted by Gasteiger charge is -2.24. The van der Waals surface area contributed by atoms with Crippen LogP contribution in [0.25, 0.3) is 22.4 Å². The van der Waals surface area contributed by atoms with Crippen molar-refractivity contribution in [2.45, 2.75) is 56.8 Å². The zero-order valence-corrected chi connectivity index (χ0v) is 26.2. The fourth-order valence-electron chi connectivity index (χ4n) is 5.17. The normalized spacial score (nSPS) is 15.4. The van der Waals surface area contributed by atoms with E-state index in [4.69, 9.17) is 23.2 Å². The first kappa shape index (κ1) is 30.1. The fourth-order valence-corrected chi connectivity index (χ4v) is 8.16. The molecule has 0 aliphatic heterocycles. The lowest BCUT2D eigenvalue weighted by atomic mass is 9.90. The molecule has 0 amide bonds. The lowest BCUT2D eigenvalue weighted by Crippen LogP contribution is -2.26. The summed E-state index contributed by atoms with van der Waals surface area (Å²) in [7, 11) is 0. The molecular weight excluding hydrogens is 593 g/mol. The van der Waals surface area contributed by atoms with E-state index in [1.165, 1.54) is 16.9 Å². The Kier molecular flexibility index (Phi) is 9.17. The van der Waals surface area contributed by atoms with Crippen LogP contribution in [0, 0.1) is 5.41 Å². The average Bonchev–Trinajstić information content (AvgIpc) is 3.63. The molecule has 1 aliphatic rings. The van der Waals surface area contributed by atoms with E-state index in [0.29, 0.717) is 14.9 Å². The number of hydrogen-bond acceptors (Lipinski definition) is 6. The van der Waals surface area contributed by atoms with E-state index in [-0.39, 0.29) is 17.1 Å². The van der Waals surface area contributed by atoms with Crippen molar-refractivity contribution >= 4 is 74.6 Å². The van der Waals surface area contributed by atoms with Crippen molar-refractivity contribution < 1.29 is 15.0 Å². The summed E-state index contributed by atoms with van der Waals surface area (Å²) in [4.78, 5) is 16.0. The molecular formula is C33H32Cl2NO3S2-. The van der Waals surface area contributed by atoms with Gasteiger partial charge in [0.15, 0.2) is 0 Å². The van der Waals surface area contributed by atoms with Crippen molar-refractivity contribution in [1.29, 1.82) is 0 Å². The summed E-state index contributed by atoms with van der Waals surface area (Å²) < 4.78 is 1.50. The molecule has 2 aromatic heterocycles. The first-order valence-corrected chi connectivity index (χ1v) is 16.3. The highest BCUT2D eigenvalue weighted by Crippen LogP contribution is 2.53. The van der Waals surface area contributed by atoms with Gasteiger partial charge in [-0.15, -0.1) is 11.3 Å². The van der Waals surface area contributed by atoms with Crippen molar-refractivity contribution in [3.63, 3.8) is 0 Å². The van der Waals surface area contributed by atoms with Crippen LogP contribution in [-0.4, -0.2) is 21.8 Å². The number of aliphatic carboxylic acids is 1. The van der Waals surface area contributed by atoms with Crippen molar-refractivity contribution in [3.8, 4) is 0 Å². The summed E-state index contributed by atoms with van der Waals surface area (Å²) in [6, 6.07) is 20.5. The maximum atomic E-state index is 11.4. The summed E-state index contributed by atoms with van der Waals surface area (Å²) in [6.45, 7) is 3.64. The number of aromatic nitrogens is 1. The van der Waals surface area contributed by atoms with Gasteiger partial charge in [0.25, 0.3) is 0 Å². The Bertz CT molecular complexity index is 1590. The molecule has 2 heterocycles. The number of nitrogens with zero attached hydrogens (tertiary/aromatic N) is 1. The Morgan fingerprint density at radius 1 is 1.15 bits per heavy atom. The second kappa shape index (κ2) is 12.5. The van der Waals surface area contributed by atoms with Gasteiger partial charge in [0.1, 0.15) is 9.85 Å². The van der Waals surface area contributed by atoms with Gasteiger partial charge in [-0.3, -0.25) is 0 Å². The third kappa shape index (κ3) is 7.54. The Hall–Kier alpha value is -2.35. The van der Waals surface area contributed by atoms with Crippen LogP contribution in [0.15, 0.2) is 60.7 Å². The molecule has 2 aromatic carbocycles. The Morgan fingerprint density at radius 2 is 1.93 bits per heavy atom. The van der Waals surface area contributed by atoms with Crippen molar-refractivity contribution in [1.82, 2.24) is 4.98 Å². The molecule has 4 nitrogen and oxygen atoms in total. The van der Waals surface area contributed by atoms with Gasteiger partial charge < -0.3 is 15.0 Å². The molecule has 4 aromatic rings. The summed E-state index contributed by atoms with van der Waals surface area (Å²) in [5, 5.41) is 22.7. The molecule has 1 saturated carbocycles. The third-order valence-corrected chi connectivity index (χ3v) is 11.2. The number of aliphatic hydroxyl groups is 1. The number of hydrogen-bond donors (Lipinski definition) is 1. The van der Waals surface area contributed by atoms with Crippen molar-refractivity contribution in [3.05, 3.63) is 98.0 Å². The maximum Gasteiger partial charge on any atom is 0.114 e. The van der Waals surface area contributed by atoms with E-state index in [0.717, 1.165) is 58.5 Å². The van der Waals surface area contributed by atoms with E-state index in [2.05, 4.69) is 35.3 Å². The molecule has 5 rings (SSSR count). The highest BCUT2D eigenvalue weighted by molar-refractivity contribution is 7.99. The number of carbonyl (C=O) groups is 1. The molecule has 0 radical (unpaired) electrons. The SMILES string of the molecule is CC(C)(O)c1ccccc1CC[C@@H](SCC1(CC(=O)[O-])CC1)c1cccc(/C=C/c2ccc3sc(Cl)c(Cl)c3n2)c1. The van der Waals surface area contributed by atoms with E-state index >= 15 is 0 Å². The van der Waals surface area contributed by atoms with E-state index in [1.54, 1.807) is 0 Å². The Balaban J connectivity index is 1.38. The van der Waals surface area contributed by atoms with Crippen LogP contribution in [0.4, 0.5) is 0 Å².